The standard InChI is InChI=1S/C17H26N4O2/c1-2-23-16-13(6-5-9-18-16)12-19-17(22)20-14-8-11-21-10-4-3-7-15(14)21/h5-6,9,14-15H,2-4,7-8,10-12H2,1H3,(H2,19,20,22)/t14-,15-/m1/s1. The monoisotopic (exact) mass is 318 g/mol. The van der Waals surface area contributed by atoms with Crippen molar-refractivity contribution in [3.63, 3.8) is 0 Å². The number of aromatic nitrogens is 1. The zero-order valence-corrected chi connectivity index (χ0v) is 13.8. The van der Waals surface area contributed by atoms with E-state index >= 15 is 0 Å². The Hall–Kier alpha value is -1.82. The molecule has 0 aliphatic carbocycles. The average Bonchev–Trinajstić information content (AvgIpc) is 2.98. The highest BCUT2D eigenvalue weighted by atomic mass is 16.5. The third-order valence-electron chi connectivity index (χ3n) is 4.74. The van der Waals surface area contributed by atoms with Crippen LogP contribution >= 0.6 is 0 Å². The Morgan fingerprint density at radius 2 is 2.30 bits per heavy atom. The summed E-state index contributed by atoms with van der Waals surface area (Å²) in [5.41, 5.74) is 0.898. The molecule has 2 atom stereocenters. The van der Waals surface area contributed by atoms with Crippen molar-refractivity contribution in [3.8, 4) is 5.88 Å². The molecule has 2 aliphatic rings. The number of nitrogens with zero attached hydrogens (tertiary/aromatic N) is 2. The molecule has 2 fully saturated rings. The van der Waals surface area contributed by atoms with Crippen molar-refractivity contribution in [1.82, 2.24) is 20.5 Å². The van der Waals surface area contributed by atoms with Gasteiger partial charge >= 0.3 is 6.03 Å². The normalized spacial score (nSPS) is 24.0. The number of hydrogen-bond acceptors (Lipinski definition) is 4. The molecule has 2 aliphatic heterocycles. The van der Waals surface area contributed by atoms with Crippen LogP contribution in [0.15, 0.2) is 18.3 Å². The number of fused-ring (bicyclic) bond motifs is 1. The summed E-state index contributed by atoms with van der Waals surface area (Å²) in [7, 11) is 0. The molecule has 6 heteroatoms. The maximum Gasteiger partial charge on any atom is 0.315 e. The highest BCUT2D eigenvalue weighted by Crippen LogP contribution is 2.27. The second-order valence-electron chi connectivity index (χ2n) is 6.22. The molecule has 0 saturated carbocycles. The van der Waals surface area contributed by atoms with Crippen molar-refractivity contribution >= 4 is 6.03 Å². The van der Waals surface area contributed by atoms with E-state index in [0.717, 1.165) is 18.5 Å². The van der Waals surface area contributed by atoms with Crippen LogP contribution in [0.4, 0.5) is 4.79 Å². The van der Waals surface area contributed by atoms with Gasteiger partial charge in [0.1, 0.15) is 0 Å². The number of rotatable bonds is 5. The lowest BCUT2D eigenvalue weighted by molar-refractivity contribution is 0.179. The summed E-state index contributed by atoms with van der Waals surface area (Å²) >= 11 is 0. The van der Waals surface area contributed by atoms with E-state index in [1.54, 1.807) is 6.20 Å². The Labute approximate surface area is 137 Å². The maximum atomic E-state index is 12.2. The van der Waals surface area contributed by atoms with Gasteiger partial charge in [-0.25, -0.2) is 9.78 Å². The van der Waals surface area contributed by atoms with Gasteiger partial charge in [0.15, 0.2) is 0 Å². The average molecular weight is 318 g/mol. The molecule has 2 N–H and O–H groups in total. The third kappa shape index (κ3) is 3.93. The lowest BCUT2D eigenvalue weighted by atomic mass is 9.99. The van der Waals surface area contributed by atoms with Crippen molar-refractivity contribution < 1.29 is 9.53 Å². The minimum Gasteiger partial charge on any atom is -0.478 e. The minimum absolute atomic E-state index is 0.103. The van der Waals surface area contributed by atoms with Crippen molar-refractivity contribution in [3.05, 3.63) is 23.9 Å². The zero-order chi connectivity index (χ0) is 16.1. The van der Waals surface area contributed by atoms with Gasteiger partial charge in [-0.2, -0.15) is 0 Å². The van der Waals surface area contributed by atoms with E-state index in [-0.39, 0.29) is 12.1 Å². The Balaban J connectivity index is 1.50. The van der Waals surface area contributed by atoms with Gasteiger partial charge in [-0.05, 0) is 38.8 Å². The van der Waals surface area contributed by atoms with E-state index < -0.39 is 0 Å². The van der Waals surface area contributed by atoms with Gasteiger partial charge in [0, 0.05) is 36.9 Å². The molecule has 2 amide bonds. The molecule has 0 unspecified atom stereocenters. The number of urea groups is 1. The Morgan fingerprint density at radius 3 is 3.17 bits per heavy atom. The number of carbonyl (C=O) groups excluding carboxylic acids is 1. The lowest BCUT2D eigenvalue weighted by Crippen LogP contribution is -2.49. The molecule has 126 valence electrons. The van der Waals surface area contributed by atoms with Crippen LogP contribution < -0.4 is 15.4 Å². The van der Waals surface area contributed by atoms with E-state index in [1.807, 2.05) is 19.1 Å². The molecule has 0 bridgehead atoms. The van der Waals surface area contributed by atoms with E-state index in [2.05, 4.69) is 20.5 Å². The van der Waals surface area contributed by atoms with Crippen LogP contribution in [0.5, 0.6) is 5.88 Å². The summed E-state index contributed by atoms with van der Waals surface area (Å²) in [6, 6.07) is 4.47. The first kappa shape index (κ1) is 16.1. The van der Waals surface area contributed by atoms with Crippen LogP contribution in [0.25, 0.3) is 0 Å². The number of hydrogen-bond donors (Lipinski definition) is 2. The summed E-state index contributed by atoms with van der Waals surface area (Å²) in [6.45, 7) is 5.20. The largest absolute Gasteiger partial charge is 0.478 e. The van der Waals surface area contributed by atoms with Gasteiger partial charge in [-0.3, -0.25) is 4.90 Å². The smallest absolute Gasteiger partial charge is 0.315 e. The molecule has 3 heterocycles. The summed E-state index contributed by atoms with van der Waals surface area (Å²) in [4.78, 5) is 18.9. The van der Waals surface area contributed by atoms with Gasteiger partial charge < -0.3 is 15.4 Å². The van der Waals surface area contributed by atoms with Crippen LogP contribution in [-0.4, -0.2) is 47.7 Å². The van der Waals surface area contributed by atoms with Crippen molar-refractivity contribution in [2.24, 2.45) is 0 Å². The van der Waals surface area contributed by atoms with Gasteiger partial charge in [-0.15, -0.1) is 0 Å². The van der Waals surface area contributed by atoms with Crippen LogP contribution in [-0.2, 0) is 6.54 Å². The molecule has 0 radical (unpaired) electrons. The summed E-state index contributed by atoms with van der Waals surface area (Å²) in [5.74, 6) is 0.592. The van der Waals surface area contributed by atoms with Gasteiger partial charge in [0.05, 0.1) is 6.61 Å². The Kier molecular flexibility index (Phi) is 5.33. The molecule has 1 aromatic rings. The SMILES string of the molecule is CCOc1ncccc1CNC(=O)N[C@@H]1CCN2CCCC[C@H]12. The molecule has 2 saturated heterocycles. The van der Waals surface area contributed by atoms with Gasteiger partial charge in [0.25, 0.3) is 0 Å². The van der Waals surface area contributed by atoms with Gasteiger partial charge in [-0.1, -0.05) is 12.5 Å². The molecular weight excluding hydrogens is 292 g/mol. The van der Waals surface area contributed by atoms with Crippen LogP contribution in [0, 0.1) is 0 Å². The van der Waals surface area contributed by atoms with Crippen molar-refractivity contribution in [1.29, 1.82) is 0 Å². The summed E-state index contributed by atoms with van der Waals surface area (Å²) in [6.07, 6.45) is 6.51. The summed E-state index contributed by atoms with van der Waals surface area (Å²) in [5, 5.41) is 6.08. The fraction of sp³-hybridized carbons (Fsp3) is 0.647. The lowest BCUT2D eigenvalue weighted by Gasteiger charge is -2.32. The fourth-order valence-corrected chi connectivity index (χ4v) is 3.64. The number of piperidine rings is 1. The number of ether oxygens (including phenoxy) is 1. The number of carbonyl (C=O) groups is 1. The Morgan fingerprint density at radius 1 is 1.39 bits per heavy atom. The third-order valence-corrected chi connectivity index (χ3v) is 4.74. The molecule has 3 rings (SSSR count). The quantitative estimate of drug-likeness (QED) is 0.870. The predicted molar refractivity (Wildman–Crippen MR) is 88.4 cm³/mol. The Bertz CT molecular complexity index is 537. The van der Waals surface area contributed by atoms with Crippen LogP contribution in [0.2, 0.25) is 0 Å². The molecule has 6 nitrogen and oxygen atoms in total. The fourth-order valence-electron chi connectivity index (χ4n) is 3.64. The van der Waals surface area contributed by atoms with Crippen molar-refractivity contribution in [2.75, 3.05) is 19.7 Å². The molecule has 23 heavy (non-hydrogen) atoms. The van der Waals surface area contributed by atoms with E-state index in [0.29, 0.717) is 25.1 Å². The van der Waals surface area contributed by atoms with Crippen molar-refractivity contribution in [2.45, 2.75) is 51.2 Å². The van der Waals surface area contributed by atoms with Gasteiger partial charge in [0.2, 0.25) is 5.88 Å². The molecular formula is C17H26N4O2. The topological polar surface area (TPSA) is 66.5 Å². The van der Waals surface area contributed by atoms with E-state index in [9.17, 15) is 4.79 Å². The number of pyridine rings is 1. The zero-order valence-electron chi connectivity index (χ0n) is 13.8. The minimum atomic E-state index is -0.103. The molecule has 0 spiro atoms. The maximum absolute atomic E-state index is 12.2. The highest BCUT2D eigenvalue weighted by molar-refractivity contribution is 5.74. The molecule has 1 aromatic heterocycles. The molecule has 0 aromatic carbocycles. The van der Waals surface area contributed by atoms with Crippen LogP contribution in [0.3, 0.4) is 0 Å². The first-order valence-electron chi connectivity index (χ1n) is 8.63. The first-order chi connectivity index (χ1) is 11.3. The van der Waals surface area contributed by atoms with Crippen LogP contribution in [0.1, 0.15) is 38.2 Å². The second kappa shape index (κ2) is 7.64. The summed E-state index contributed by atoms with van der Waals surface area (Å²) < 4.78 is 5.48. The number of amides is 2. The predicted octanol–water partition coefficient (Wildman–Crippen LogP) is 1.91. The number of nitrogens with one attached hydrogen (secondary N) is 2. The highest BCUT2D eigenvalue weighted by Gasteiger charge is 2.36. The second-order valence-corrected chi connectivity index (χ2v) is 6.22. The van der Waals surface area contributed by atoms with E-state index in [4.69, 9.17) is 4.74 Å². The van der Waals surface area contributed by atoms with E-state index in [1.165, 1.54) is 25.8 Å². The first-order valence-corrected chi connectivity index (χ1v) is 8.63.